The topological polar surface area (TPSA) is 102 Å². The molecule has 0 bridgehead atoms. The molecule has 5 N–H and O–H groups in total. The fraction of sp³-hybridized carbons (Fsp3) is 0. The molecule has 6 heteroatoms. The molecule has 0 spiro atoms. The van der Waals surface area contributed by atoms with E-state index in [-0.39, 0.29) is 11.7 Å². The van der Waals surface area contributed by atoms with Gasteiger partial charge < -0.3 is 11.1 Å². The van der Waals surface area contributed by atoms with Gasteiger partial charge in [0.2, 0.25) is 0 Å². The third kappa shape index (κ3) is 2.49. The predicted molar refractivity (Wildman–Crippen MR) is 101 cm³/mol. The van der Waals surface area contributed by atoms with Crippen LogP contribution < -0.4 is 16.0 Å². The van der Waals surface area contributed by atoms with E-state index in [0.717, 1.165) is 5.69 Å². The number of benzene rings is 2. The summed E-state index contributed by atoms with van der Waals surface area (Å²) in [6.07, 6.45) is 1.69. The maximum Gasteiger partial charge on any atom is 0.154 e. The van der Waals surface area contributed by atoms with Crippen LogP contribution in [-0.2, 0) is 0 Å². The molecule has 1 aliphatic rings. The molecule has 0 unspecified atom stereocenters. The van der Waals surface area contributed by atoms with Crippen LogP contribution in [0.25, 0.3) is 0 Å². The number of rotatable bonds is 1. The minimum absolute atomic E-state index is 0.192. The van der Waals surface area contributed by atoms with Crippen molar-refractivity contribution < 1.29 is 0 Å². The summed E-state index contributed by atoms with van der Waals surface area (Å²) in [5.74, 6) is 1.02. The van der Waals surface area contributed by atoms with Gasteiger partial charge in [0.15, 0.2) is 5.82 Å². The first-order chi connectivity index (χ1) is 12.1. The van der Waals surface area contributed by atoms with Crippen molar-refractivity contribution in [1.29, 1.82) is 10.8 Å². The Labute approximate surface area is 145 Å². The van der Waals surface area contributed by atoms with Crippen molar-refractivity contribution in [3.63, 3.8) is 0 Å². The minimum atomic E-state index is 0.192. The van der Waals surface area contributed by atoms with Crippen molar-refractivity contribution in [2.75, 3.05) is 16.0 Å². The van der Waals surface area contributed by atoms with E-state index in [2.05, 4.69) is 10.3 Å². The van der Waals surface area contributed by atoms with Gasteiger partial charge in [-0.15, -0.1) is 0 Å². The van der Waals surface area contributed by atoms with Gasteiger partial charge in [0.1, 0.15) is 11.7 Å². The molecule has 0 radical (unpaired) electrons. The highest BCUT2D eigenvalue weighted by molar-refractivity contribution is 6.30. The molecular formula is C19H16N6. The average Bonchev–Trinajstić information content (AvgIpc) is 2.76. The molecule has 25 heavy (non-hydrogen) atoms. The van der Waals surface area contributed by atoms with Gasteiger partial charge in [-0.25, -0.2) is 4.98 Å². The number of aromatic nitrogens is 1. The van der Waals surface area contributed by atoms with E-state index < -0.39 is 0 Å². The van der Waals surface area contributed by atoms with Gasteiger partial charge in [0, 0.05) is 23.0 Å². The van der Waals surface area contributed by atoms with Crippen LogP contribution >= 0.6 is 0 Å². The third-order valence-electron chi connectivity index (χ3n) is 4.09. The van der Waals surface area contributed by atoms with Crippen molar-refractivity contribution in [3.05, 3.63) is 78.0 Å². The fourth-order valence-corrected chi connectivity index (χ4v) is 2.84. The number of nitrogens with zero attached hydrogens (tertiary/aromatic N) is 2. The number of nitrogens with one attached hydrogen (secondary N) is 3. The molecule has 0 amide bonds. The van der Waals surface area contributed by atoms with Crippen LogP contribution in [0.4, 0.5) is 22.9 Å². The van der Waals surface area contributed by atoms with Gasteiger partial charge in [-0.05, 0) is 48.5 Å². The van der Waals surface area contributed by atoms with Crippen molar-refractivity contribution >= 4 is 34.6 Å². The van der Waals surface area contributed by atoms with Gasteiger partial charge in [-0.3, -0.25) is 15.7 Å². The minimum Gasteiger partial charge on any atom is -0.399 e. The number of nitrogen functional groups attached to an aromatic ring is 1. The summed E-state index contributed by atoms with van der Waals surface area (Å²) in [6.45, 7) is 0. The molecular weight excluding hydrogens is 312 g/mol. The first-order valence-corrected chi connectivity index (χ1v) is 7.80. The SMILES string of the molecule is N=C(c1ccc(N)cc1)N1C(=N)c2ccccc2Nc2ncccc21. The molecule has 2 aromatic carbocycles. The van der Waals surface area contributed by atoms with Crippen LogP contribution in [0.15, 0.2) is 66.9 Å². The Kier molecular flexibility index (Phi) is 3.43. The maximum absolute atomic E-state index is 8.71. The molecule has 122 valence electrons. The monoisotopic (exact) mass is 328 g/mol. The zero-order chi connectivity index (χ0) is 17.4. The van der Waals surface area contributed by atoms with Gasteiger partial charge in [-0.2, -0.15) is 0 Å². The molecule has 0 fully saturated rings. The molecule has 0 aliphatic carbocycles. The molecule has 0 atom stereocenters. The number of anilines is 4. The summed E-state index contributed by atoms with van der Waals surface area (Å²) in [6, 6.07) is 18.3. The van der Waals surface area contributed by atoms with E-state index in [1.807, 2.05) is 30.3 Å². The zero-order valence-corrected chi connectivity index (χ0v) is 13.3. The highest BCUT2D eigenvalue weighted by atomic mass is 15.2. The van der Waals surface area contributed by atoms with E-state index >= 15 is 0 Å². The maximum atomic E-state index is 8.71. The lowest BCUT2D eigenvalue weighted by molar-refractivity contribution is 1.26. The smallest absolute Gasteiger partial charge is 0.154 e. The molecule has 0 saturated carbocycles. The first-order valence-electron chi connectivity index (χ1n) is 7.80. The van der Waals surface area contributed by atoms with Gasteiger partial charge in [0.05, 0.1) is 11.4 Å². The lowest BCUT2D eigenvalue weighted by Gasteiger charge is -2.25. The lowest BCUT2D eigenvalue weighted by atomic mass is 10.1. The number of hydrogen-bond donors (Lipinski definition) is 4. The highest BCUT2D eigenvalue weighted by Crippen LogP contribution is 2.34. The quantitative estimate of drug-likeness (QED) is 0.311. The number of hydrogen-bond acceptors (Lipinski definition) is 5. The summed E-state index contributed by atoms with van der Waals surface area (Å²) in [5.41, 5.74) is 9.22. The normalized spacial score (nSPS) is 12.6. The van der Waals surface area contributed by atoms with E-state index in [0.29, 0.717) is 28.3 Å². The Hall–Kier alpha value is -3.67. The highest BCUT2D eigenvalue weighted by Gasteiger charge is 2.27. The number of pyridine rings is 1. The Morgan fingerprint density at radius 2 is 1.76 bits per heavy atom. The fourth-order valence-electron chi connectivity index (χ4n) is 2.84. The average molecular weight is 328 g/mol. The van der Waals surface area contributed by atoms with Crippen LogP contribution in [0.2, 0.25) is 0 Å². The van der Waals surface area contributed by atoms with Crippen LogP contribution in [0.1, 0.15) is 11.1 Å². The number of para-hydroxylation sites is 1. The molecule has 3 aromatic rings. The van der Waals surface area contributed by atoms with E-state index in [4.69, 9.17) is 16.6 Å². The number of nitrogens with two attached hydrogens (primary N) is 1. The van der Waals surface area contributed by atoms with Crippen molar-refractivity contribution in [1.82, 2.24) is 4.98 Å². The standard InChI is InChI=1S/C19H16N6/c20-13-9-7-12(8-10-13)17(21)25-16-6-3-11-23-19(16)24-15-5-2-1-4-14(15)18(25)22/h1-11,21-22H,20H2,(H,23,24). The molecule has 2 heterocycles. The van der Waals surface area contributed by atoms with Crippen molar-refractivity contribution in [3.8, 4) is 0 Å². The molecule has 4 rings (SSSR count). The summed E-state index contributed by atoms with van der Waals surface area (Å²) >= 11 is 0. The Balaban J connectivity index is 1.89. The lowest BCUT2D eigenvalue weighted by Crippen LogP contribution is -2.36. The second-order valence-corrected chi connectivity index (χ2v) is 5.70. The molecule has 0 saturated heterocycles. The molecule has 1 aliphatic heterocycles. The van der Waals surface area contributed by atoms with Crippen LogP contribution in [0.3, 0.4) is 0 Å². The van der Waals surface area contributed by atoms with Crippen molar-refractivity contribution in [2.45, 2.75) is 0 Å². The second kappa shape index (κ2) is 5.76. The summed E-state index contributed by atoms with van der Waals surface area (Å²) in [7, 11) is 0. The number of amidine groups is 2. The largest absolute Gasteiger partial charge is 0.399 e. The molecule has 6 nitrogen and oxygen atoms in total. The second-order valence-electron chi connectivity index (χ2n) is 5.70. The van der Waals surface area contributed by atoms with E-state index in [1.165, 1.54) is 0 Å². The van der Waals surface area contributed by atoms with Gasteiger partial charge in [0.25, 0.3) is 0 Å². The van der Waals surface area contributed by atoms with E-state index in [1.54, 1.807) is 41.4 Å². The van der Waals surface area contributed by atoms with Crippen molar-refractivity contribution in [2.24, 2.45) is 0 Å². The van der Waals surface area contributed by atoms with Gasteiger partial charge in [-0.1, -0.05) is 12.1 Å². The van der Waals surface area contributed by atoms with Crippen LogP contribution in [0, 0.1) is 10.8 Å². The summed E-state index contributed by atoms with van der Waals surface area (Å²) in [4.78, 5) is 5.98. The van der Waals surface area contributed by atoms with Gasteiger partial charge >= 0.3 is 0 Å². The summed E-state index contributed by atoms with van der Waals surface area (Å²) < 4.78 is 0. The van der Waals surface area contributed by atoms with Crippen LogP contribution in [0.5, 0.6) is 0 Å². The molecule has 1 aromatic heterocycles. The Morgan fingerprint density at radius 1 is 1.00 bits per heavy atom. The van der Waals surface area contributed by atoms with Crippen LogP contribution in [-0.4, -0.2) is 16.7 Å². The zero-order valence-electron chi connectivity index (χ0n) is 13.3. The summed E-state index contributed by atoms with van der Waals surface area (Å²) in [5, 5.41) is 20.7. The first kappa shape index (κ1) is 14.9. The Bertz CT molecular complexity index is 977. The Morgan fingerprint density at radius 3 is 2.56 bits per heavy atom. The predicted octanol–water partition coefficient (Wildman–Crippen LogP) is 3.58. The van der Waals surface area contributed by atoms with E-state index in [9.17, 15) is 0 Å². The number of fused-ring (bicyclic) bond motifs is 2. The third-order valence-corrected chi connectivity index (χ3v) is 4.09.